The standard InChI is InChI=1S/C13H24N4O2/c1-10(2)8-17(5-6-19-4)13(18)12(14)11-7-15-16(3)9-11/h7,9-10,12H,5-6,8,14H2,1-4H3. The summed E-state index contributed by atoms with van der Waals surface area (Å²) in [5.41, 5.74) is 6.75. The number of ether oxygens (including phenoxy) is 1. The Kier molecular flexibility index (Phi) is 5.98. The second kappa shape index (κ2) is 7.25. The van der Waals surface area contributed by atoms with Crippen LogP contribution in [0.15, 0.2) is 12.4 Å². The van der Waals surface area contributed by atoms with Gasteiger partial charge in [-0.3, -0.25) is 9.48 Å². The first-order valence-electron chi connectivity index (χ1n) is 6.47. The van der Waals surface area contributed by atoms with E-state index in [1.54, 1.807) is 36.1 Å². The summed E-state index contributed by atoms with van der Waals surface area (Å²) in [7, 11) is 3.43. The molecule has 0 aliphatic rings. The van der Waals surface area contributed by atoms with E-state index >= 15 is 0 Å². The van der Waals surface area contributed by atoms with E-state index in [0.717, 1.165) is 5.56 Å². The van der Waals surface area contributed by atoms with Crippen molar-refractivity contribution < 1.29 is 9.53 Å². The molecule has 0 saturated heterocycles. The molecule has 1 heterocycles. The molecule has 1 atom stereocenters. The average molecular weight is 268 g/mol. The number of nitrogens with zero attached hydrogens (tertiary/aromatic N) is 3. The number of hydrogen-bond donors (Lipinski definition) is 1. The minimum atomic E-state index is -0.663. The molecule has 0 saturated carbocycles. The molecule has 0 spiro atoms. The molecule has 1 amide bonds. The summed E-state index contributed by atoms with van der Waals surface area (Å²) in [6.45, 7) is 5.89. The van der Waals surface area contributed by atoms with E-state index in [1.165, 1.54) is 0 Å². The quantitative estimate of drug-likeness (QED) is 0.784. The number of hydrogen-bond acceptors (Lipinski definition) is 4. The summed E-state index contributed by atoms with van der Waals surface area (Å²) < 4.78 is 6.69. The van der Waals surface area contributed by atoms with Gasteiger partial charge in [-0.15, -0.1) is 0 Å². The zero-order valence-electron chi connectivity index (χ0n) is 12.2. The molecule has 1 aromatic heterocycles. The minimum absolute atomic E-state index is 0.0845. The van der Waals surface area contributed by atoms with Gasteiger partial charge in [-0.05, 0) is 5.92 Å². The predicted octanol–water partition coefficient (Wildman–Crippen LogP) is 0.551. The van der Waals surface area contributed by atoms with E-state index in [2.05, 4.69) is 18.9 Å². The normalized spacial score (nSPS) is 12.7. The maximum Gasteiger partial charge on any atom is 0.244 e. The van der Waals surface area contributed by atoms with Gasteiger partial charge in [0.25, 0.3) is 0 Å². The van der Waals surface area contributed by atoms with Crippen molar-refractivity contribution in [1.82, 2.24) is 14.7 Å². The Morgan fingerprint density at radius 3 is 2.74 bits per heavy atom. The zero-order chi connectivity index (χ0) is 14.4. The first-order chi connectivity index (χ1) is 8.95. The SMILES string of the molecule is COCCN(CC(C)C)C(=O)C(N)c1cnn(C)c1. The smallest absolute Gasteiger partial charge is 0.244 e. The van der Waals surface area contributed by atoms with Crippen molar-refractivity contribution in [2.24, 2.45) is 18.7 Å². The fourth-order valence-corrected chi connectivity index (χ4v) is 1.87. The van der Waals surface area contributed by atoms with Gasteiger partial charge in [-0.1, -0.05) is 13.8 Å². The van der Waals surface area contributed by atoms with Crippen LogP contribution < -0.4 is 5.73 Å². The number of aromatic nitrogens is 2. The van der Waals surface area contributed by atoms with Crippen LogP contribution in [0.4, 0.5) is 0 Å². The van der Waals surface area contributed by atoms with E-state index in [1.807, 2.05) is 0 Å². The molecule has 108 valence electrons. The number of amides is 1. The third kappa shape index (κ3) is 4.65. The van der Waals surface area contributed by atoms with Crippen molar-refractivity contribution in [3.8, 4) is 0 Å². The van der Waals surface area contributed by atoms with Gasteiger partial charge in [0.15, 0.2) is 0 Å². The fraction of sp³-hybridized carbons (Fsp3) is 0.692. The lowest BCUT2D eigenvalue weighted by Crippen LogP contribution is -2.42. The van der Waals surface area contributed by atoms with Crippen LogP contribution in [0.5, 0.6) is 0 Å². The van der Waals surface area contributed by atoms with Crippen LogP contribution in [-0.4, -0.2) is 47.4 Å². The summed E-state index contributed by atoms with van der Waals surface area (Å²) in [6, 6.07) is -0.663. The Morgan fingerprint density at radius 1 is 1.58 bits per heavy atom. The van der Waals surface area contributed by atoms with Crippen LogP contribution in [0.2, 0.25) is 0 Å². The summed E-state index contributed by atoms with van der Waals surface area (Å²) in [4.78, 5) is 14.2. The predicted molar refractivity (Wildman–Crippen MR) is 73.4 cm³/mol. The van der Waals surface area contributed by atoms with E-state index < -0.39 is 6.04 Å². The van der Waals surface area contributed by atoms with Gasteiger partial charge in [0, 0.05) is 39.0 Å². The molecular weight excluding hydrogens is 244 g/mol. The van der Waals surface area contributed by atoms with Crippen molar-refractivity contribution >= 4 is 5.91 Å². The van der Waals surface area contributed by atoms with Crippen LogP contribution in [0.3, 0.4) is 0 Å². The van der Waals surface area contributed by atoms with Gasteiger partial charge in [-0.2, -0.15) is 5.10 Å². The van der Waals surface area contributed by atoms with Gasteiger partial charge >= 0.3 is 0 Å². The van der Waals surface area contributed by atoms with E-state index in [4.69, 9.17) is 10.5 Å². The molecular formula is C13H24N4O2. The molecule has 1 aromatic rings. The maximum absolute atomic E-state index is 12.4. The number of methoxy groups -OCH3 is 1. The maximum atomic E-state index is 12.4. The van der Waals surface area contributed by atoms with Gasteiger partial charge in [0.05, 0.1) is 12.8 Å². The summed E-state index contributed by atoms with van der Waals surface area (Å²) in [6.07, 6.45) is 3.40. The third-order valence-corrected chi connectivity index (χ3v) is 2.81. The van der Waals surface area contributed by atoms with Crippen LogP contribution in [0.25, 0.3) is 0 Å². The highest BCUT2D eigenvalue weighted by Gasteiger charge is 2.23. The summed E-state index contributed by atoms with van der Waals surface area (Å²) >= 11 is 0. The van der Waals surface area contributed by atoms with Gasteiger partial charge in [0.1, 0.15) is 6.04 Å². The number of carbonyl (C=O) groups excluding carboxylic acids is 1. The van der Waals surface area contributed by atoms with E-state index in [-0.39, 0.29) is 5.91 Å². The Balaban J connectivity index is 2.73. The zero-order valence-corrected chi connectivity index (χ0v) is 12.2. The average Bonchev–Trinajstić information content (AvgIpc) is 2.79. The molecule has 0 fully saturated rings. The molecule has 0 bridgehead atoms. The molecule has 0 aliphatic heterocycles. The van der Waals surface area contributed by atoms with Gasteiger partial charge < -0.3 is 15.4 Å². The van der Waals surface area contributed by atoms with Gasteiger partial charge in [-0.25, -0.2) is 0 Å². The minimum Gasteiger partial charge on any atom is -0.383 e. The van der Waals surface area contributed by atoms with Crippen molar-refractivity contribution in [1.29, 1.82) is 0 Å². The van der Waals surface area contributed by atoms with Crippen LogP contribution in [0.1, 0.15) is 25.5 Å². The van der Waals surface area contributed by atoms with Crippen molar-refractivity contribution in [2.75, 3.05) is 26.8 Å². The first kappa shape index (κ1) is 15.7. The Labute approximate surface area is 114 Å². The molecule has 0 aliphatic carbocycles. The fourth-order valence-electron chi connectivity index (χ4n) is 1.87. The van der Waals surface area contributed by atoms with Gasteiger partial charge in [0.2, 0.25) is 5.91 Å². The molecule has 1 unspecified atom stereocenters. The van der Waals surface area contributed by atoms with E-state index in [0.29, 0.717) is 25.6 Å². The molecule has 0 aromatic carbocycles. The number of carbonyl (C=O) groups is 1. The topological polar surface area (TPSA) is 73.4 Å². The van der Waals surface area contributed by atoms with E-state index in [9.17, 15) is 4.79 Å². The second-order valence-corrected chi connectivity index (χ2v) is 5.10. The highest BCUT2D eigenvalue weighted by atomic mass is 16.5. The highest BCUT2D eigenvalue weighted by molar-refractivity contribution is 5.82. The largest absolute Gasteiger partial charge is 0.383 e. The monoisotopic (exact) mass is 268 g/mol. The first-order valence-corrected chi connectivity index (χ1v) is 6.47. The van der Waals surface area contributed by atoms with Crippen molar-refractivity contribution in [3.05, 3.63) is 18.0 Å². The van der Waals surface area contributed by atoms with Crippen LogP contribution >= 0.6 is 0 Å². The number of aryl methyl sites for hydroxylation is 1. The molecule has 0 radical (unpaired) electrons. The Hall–Kier alpha value is -1.40. The Morgan fingerprint density at radius 2 is 2.26 bits per heavy atom. The molecule has 6 nitrogen and oxygen atoms in total. The molecule has 1 rings (SSSR count). The third-order valence-electron chi connectivity index (χ3n) is 2.81. The lowest BCUT2D eigenvalue weighted by Gasteiger charge is -2.26. The summed E-state index contributed by atoms with van der Waals surface area (Å²) in [5, 5.41) is 4.04. The second-order valence-electron chi connectivity index (χ2n) is 5.10. The Bertz CT molecular complexity index is 403. The lowest BCUT2D eigenvalue weighted by atomic mass is 10.1. The van der Waals surface area contributed by atoms with Crippen molar-refractivity contribution in [2.45, 2.75) is 19.9 Å². The van der Waals surface area contributed by atoms with Crippen molar-refractivity contribution in [3.63, 3.8) is 0 Å². The number of nitrogens with two attached hydrogens (primary N) is 1. The van der Waals surface area contributed by atoms with Crippen LogP contribution in [0, 0.1) is 5.92 Å². The highest BCUT2D eigenvalue weighted by Crippen LogP contribution is 2.13. The summed E-state index contributed by atoms with van der Waals surface area (Å²) in [5.74, 6) is 0.306. The lowest BCUT2D eigenvalue weighted by molar-refractivity contribution is -0.134. The molecule has 19 heavy (non-hydrogen) atoms. The molecule has 2 N–H and O–H groups in total. The van der Waals surface area contributed by atoms with Crippen LogP contribution in [-0.2, 0) is 16.6 Å². The number of rotatable bonds is 7. The molecule has 6 heteroatoms.